The number of hydrogen-bond acceptors (Lipinski definition) is 3. The Balaban J connectivity index is 2.14. The van der Waals surface area contributed by atoms with E-state index in [1.807, 2.05) is 0 Å². The van der Waals surface area contributed by atoms with Crippen molar-refractivity contribution in [2.45, 2.75) is 58.6 Å². The van der Waals surface area contributed by atoms with E-state index in [4.69, 9.17) is 4.74 Å². The number of rotatable bonds is 7. The molecule has 0 aromatic rings. The van der Waals surface area contributed by atoms with Crippen LogP contribution in [0.2, 0.25) is 0 Å². The average molecular weight is 242 g/mol. The summed E-state index contributed by atoms with van der Waals surface area (Å²) in [7, 11) is 0. The molecule has 2 atom stereocenters. The fraction of sp³-hybridized carbons (Fsp3) is 1.00. The Morgan fingerprint density at radius 1 is 1.41 bits per heavy atom. The minimum Gasteiger partial charge on any atom is -0.377 e. The van der Waals surface area contributed by atoms with E-state index < -0.39 is 0 Å². The van der Waals surface area contributed by atoms with E-state index in [9.17, 15) is 0 Å². The van der Waals surface area contributed by atoms with E-state index >= 15 is 0 Å². The molecule has 2 unspecified atom stereocenters. The molecule has 0 aromatic heterocycles. The van der Waals surface area contributed by atoms with Gasteiger partial charge in [-0.1, -0.05) is 19.8 Å². The lowest BCUT2D eigenvalue weighted by Crippen LogP contribution is -2.43. The second-order valence-electron chi connectivity index (χ2n) is 5.29. The van der Waals surface area contributed by atoms with Crippen molar-refractivity contribution in [3.63, 3.8) is 0 Å². The number of unbranched alkanes of at least 4 members (excludes halogenated alkanes) is 2. The standard InChI is InChI=1S/C14H30N2O/c1-4-5-6-8-15-11-13(2)16-9-7-10-17-14(3)12-16/h13-15H,4-12H2,1-3H3. The summed E-state index contributed by atoms with van der Waals surface area (Å²) < 4.78 is 5.68. The number of ether oxygens (including phenoxy) is 1. The largest absolute Gasteiger partial charge is 0.377 e. The lowest BCUT2D eigenvalue weighted by Gasteiger charge is -2.29. The lowest BCUT2D eigenvalue weighted by molar-refractivity contribution is 0.0620. The third-order valence-corrected chi connectivity index (χ3v) is 3.50. The molecule has 102 valence electrons. The predicted octanol–water partition coefficient (Wildman–Crippen LogP) is 2.27. The molecular weight excluding hydrogens is 212 g/mol. The zero-order chi connectivity index (χ0) is 12.5. The van der Waals surface area contributed by atoms with Gasteiger partial charge in [-0.05, 0) is 33.2 Å². The van der Waals surface area contributed by atoms with Gasteiger partial charge in [0.1, 0.15) is 0 Å². The Bertz CT molecular complexity index is 187. The zero-order valence-electron chi connectivity index (χ0n) is 11.9. The highest BCUT2D eigenvalue weighted by molar-refractivity contribution is 4.74. The summed E-state index contributed by atoms with van der Waals surface area (Å²) in [5.74, 6) is 0. The van der Waals surface area contributed by atoms with Crippen LogP contribution in [-0.4, -0.2) is 49.8 Å². The molecule has 3 nitrogen and oxygen atoms in total. The normalized spacial score (nSPS) is 24.5. The summed E-state index contributed by atoms with van der Waals surface area (Å²) in [5.41, 5.74) is 0. The maximum atomic E-state index is 5.68. The Labute approximate surface area is 107 Å². The van der Waals surface area contributed by atoms with Crippen molar-refractivity contribution in [3.05, 3.63) is 0 Å². The van der Waals surface area contributed by atoms with Crippen LogP contribution in [0, 0.1) is 0 Å². The van der Waals surface area contributed by atoms with Gasteiger partial charge in [0, 0.05) is 32.3 Å². The van der Waals surface area contributed by atoms with E-state index in [1.165, 1.54) is 32.2 Å². The first-order chi connectivity index (χ1) is 8.24. The topological polar surface area (TPSA) is 24.5 Å². The molecule has 0 amide bonds. The molecule has 1 N–H and O–H groups in total. The third kappa shape index (κ3) is 6.39. The first-order valence-corrected chi connectivity index (χ1v) is 7.30. The number of nitrogens with one attached hydrogen (secondary N) is 1. The molecular formula is C14H30N2O. The van der Waals surface area contributed by atoms with Crippen molar-refractivity contribution in [3.8, 4) is 0 Å². The van der Waals surface area contributed by atoms with Gasteiger partial charge in [0.05, 0.1) is 6.10 Å². The molecule has 0 radical (unpaired) electrons. The summed E-state index contributed by atoms with van der Waals surface area (Å²) in [6.07, 6.45) is 5.52. The number of nitrogens with zero attached hydrogens (tertiary/aromatic N) is 1. The highest BCUT2D eigenvalue weighted by Gasteiger charge is 2.19. The van der Waals surface area contributed by atoms with Gasteiger partial charge in [0.25, 0.3) is 0 Å². The van der Waals surface area contributed by atoms with Gasteiger partial charge in [-0.2, -0.15) is 0 Å². The van der Waals surface area contributed by atoms with E-state index in [2.05, 4.69) is 31.0 Å². The minimum atomic E-state index is 0.389. The van der Waals surface area contributed by atoms with Gasteiger partial charge in [0.15, 0.2) is 0 Å². The van der Waals surface area contributed by atoms with Crippen LogP contribution in [0.5, 0.6) is 0 Å². The molecule has 0 spiro atoms. The fourth-order valence-corrected chi connectivity index (χ4v) is 2.37. The molecule has 3 heteroatoms. The van der Waals surface area contributed by atoms with Gasteiger partial charge in [-0.3, -0.25) is 4.90 Å². The Morgan fingerprint density at radius 2 is 2.24 bits per heavy atom. The van der Waals surface area contributed by atoms with Crippen molar-refractivity contribution in [2.24, 2.45) is 0 Å². The van der Waals surface area contributed by atoms with Crippen LogP contribution in [0.4, 0.5) is 0 Å². The average Bonchev–Trinajstić information content (AvgIpc) is 2.53. The smallest absolute Gasteiger partial charge is 0.0674 e. The van der Waals surface area contributed by atoms with Crippen LogP contribution in [0.15, 0.2) is 0 Å². The summed E-state index contributed by atoms with van der Waals surface area (Å²) >= 11 is 0. The van der Waals surface area contributed by atoms with Crippen LogP contribution in [0.25, 0.3) is 0 Å². The molecule has 0 aromatic carbocycles. The van der Waals surface area contributed by atoms with Gasteiger partial charge in [0.2, 0.25) is 0 Å². The van der Waals surface area contributed by atoms with Crippen molar-refractivity contribution >= 4 is 0 Å². The van der Waals surface area contributed by atoms with Crippen LogP contribution < -0.4 is 5.32 Å². The Morgan fingerprint density at radius 3 is 3.00 bits per heavy atom. The molecule has 17 heavy (non-hydrogen) atoms. The SMILES string of the molecule is CCCCCNCC(C)N1CCCOC(C)C1. The Kier molecular flexibility index (Phi) is 7.82. The lowest BCUT2D eigenvalue weighted by atomic mass is 10.2. The third-order valence-electron chi connectivity index (χ3n) is 3.50. The zero-order valence-corrected chi connectivity index (χ0v) is 11.9. The van der Waals surface area contributed by atoms with Gasteiger partial charge in [-0.25, -0.2) is 0 Å². The predicted molar refractivity (Wildman–Crippen MR) is 73.5 cm³/mol. The number of hydrogen-bond donors (Lipinski definition) is 1. The summed E-state index contributed by atoms with van der Waals surface area (Å²) in [5, 5.41) is 3.57. The van der Waals surface area contributed by atoms with Crippen molar-refractivity contribution in [1.29, 1.82) is 0 Å². The second kappa shape index (κ2) is 8.90. The highest BCUT2D eigenvalue weighted by atomic mass is 16.5. The molecule has 0 saturated carbocycles. The summed E-state index contributed by atoms with van der Waals surface area (Å²) in [6, 6.07) is 0.626. The Hall–Kier alpha value is -0.120. The van der Waals surface area contributed by atoms with Crippen LogP contribution in [-0.2, 0) is 4.74 Å². The first kappa shape index (κ1) is 14.9. The van der Waals surface area contributed by atoms with Crippen LogP contribution >= 0.6 is 0 Å². The molecule has 1 heterocycles. The van der Waals surface area contributed by atoms with Crippen molar-refractivity contribution < 1.29 is 4.74 Å². The van der Waals surface area contributed by atoms with E-state index in [0.717, 1.165) is 26.2 Å². The minimum absolute atomic E-state index is 0.389. The maximum absolute atomic E-state index is 5.68. The molecule has 0 bridgehead atoms. The second-order valence-corrected chi connectivity index (χ2v) is 5.29. The molecule has 1 fully saturated rings. The fourth-order valence-electron chi connectivity index (χ4n) is 2.37. The van der Waals surface area contributed by atoms with Crippen LogP contribution in [0.3, 0.4) is 0 Å². The molecule has 1 aliphatic rings. The van der Waals surface area contributed by atoms with Crippen molar-refractivity contribution in [2.75, 3.05) is 32.8 Å². The monoisotopic (exact) mass is 242 g/mol. The van der Waals surface area contributed by atoms with Gasteiger partial charge >= 0.3 is 0 Å². The summed E-state index contributed by atoms with van der Waals surface area (Å²) in [4.78, 5) is 2.56. The van der Waals surface area contributed by atoms with E-state index in [-0.39, 0.29) is 0 Å². The highest BCUT2D eigenvalue weighted by Crippen LogP contribution is 2.08. The van der Waals surface area contributed by atoms with Gasteiger partial charge in [-0.15, -0.1) is 0 Å². The maximum Gasteiger partial charge on any atom is 0.0674 e. The van der Waals surface area contributed by atoms with Gasteiger partial charge < -0.3 is 10.1 Å². The first-order valence-electron chi connectivity index (χ1n) is 7.30. The van der Waals surface area contributed by atoms with E-state index in [1.54, 1.807) is 0 Å². The molecule has 1 saturated heterocycles. The van der Waals surface area contributed by atoms with Crippen molar-refractivity contribution in [1.82, 2.24) is 10.2 Å². The molecule has 0 aliphatic carbocycles. The molecule has 1 rings (SSSR count). The quantitative estimate of drug-likeness (QED) is 0.693. The van der Waals surface area contributed by atoms with E-state index in [0.29, 0.717) is 12.1 Å². The molecule has 1 aliphatic heterocycles. The van der Waals surface area contributed by atoms with Crippen LogP contribution in [0.1, 0.15) is 46.5 Å². The summed E-state index contributed by atoms with van der Waals surface area (Å²) in [6.45, 7) is 12.2.